The number of nitrogens with one attached hydrogen (secondary N) is 2. The number of hydrogen-bond acceptors (Lipinski definition) is 4. The van der Waals surface area contributed by atoms with Gasteiger partial charge in [0.05, 0.1) is 0 Å². The van der Waals surface area contributed by atoms with Crippen LogP contribution in [0.2, 0.25) is 0 Å². The van der Waals surface area contributed by atoms with Gasteiger partial charge in [0.1, 0.15) is 17.7 Å². The number of nitrogens with zero attached hydrogens (tertiary/aromatic N) is 1. The Bertz CT molecular complexity index is 862. The Balaban J connectivity index is 3.43. The molecule has 0 spiro atoms. The molecule has 3 atom stereocenters. The van der Waals surface area contributed by atoms with E-state index >= 15 is 0 Å². The van der Waals surface area contributed by atoms with Crippen LogP contribution in [0.3, 0.4) is 0 Å². The summed E-state index contributed by atoms with van der Waals surface area (Å²) >= 11 is 0. The van der Waals surface area contributed by atoms with Gasteiger partial charge in [0.25, 0.3) is 0 Å². The van der Waals surface area contributed by atoms with Gasteiger partial charge in [-0.2, -0.15) is 0 Å². The van der Waals surface area contributed by atoms with E-state index in [0.717, 1.165) is 24.8 Å². The Labute approximate surface area is 218 Å². The predicted molar refractivity (Wildman–Crippen MR) is 146 cm³/mol. The first-order valence-electron chi connectivity index (χ1n) is 13.3. The molecular formula is C29H47N3O4. The number of unbranched alkanes of at least 4 members (excludes halogenated alkanes) is 2. The fourth-order valence-electron chi connectivity index (χ4n) is 3.92. The first-order valence-corrected chi connectivity index (χ1v) is 13.3. The van der Waals surface area contributed by atoms with Crippen LogP contribution in [-0.2, 0) is 14.3 Å². The van der Waals surface area contributed by atoms with E-state index < -0.39 is 23.8 Å². The standard InChI is InChI=1S/C29H47N3O4/c1-9-13-14-18-30-26(33)25(23-17-15-16-22(12-4)20-23)32(19-10-2)27(34)24(21(5)11-3)31-28(35)36-29(6,7)8/h12,15-17,20-21,24-25H,4,9-11,13-14,18-19H2,1-3,5-8H3,(H,30,33)(H,31,35). The second-order valence-corrected chi connectivity index (χ2v) is 10.3. The van der Waals surface area contributed by atoms with E-state index in [1.165, 1.54) is 0 Å². The van der Waals surface area contributed by atoms with Gasteiger partial charge in [0.15, 0.2) is 0 Å². The molecule has 3 unspecified atom stereocenters. The number of carbonyl (C=O) groups is 3. The van der Waals surface area contributed by atoms with E-state index in [-0.39, 0.29) is 17.7 Å². The molecule has 0 aliphatic rings. The molecule has 3 amide bonds. The van der Waals surface area contributed by atoms with Gasteiger partial charge in [0, 0.05) is 13.1 Å². The van der Waals surface area contributed by atoms with Crippen LogP contribution >= 0.6 is 0 Å². The molecule has 1 rings (SSSR count). The van der Waals surface area contributed by atoms with Gasteiger partial charge in [-0.3, -0.25) is 9.59 Å². The summed E-state index contributed by atoms with van der Waals surface area (Å²) in [5.41, 5.74) is 0.885. The van der Waals surface area contributed by atoms with Crippen LogP contribution in [-0.4, -0.2) is 47.5 Å². The quantitative estimate of drug-likeness (QED) is 0.313. The van der Waals surface area contributed by atoms with Crippen molar-refractivity contribution < 1.29 is 19.1 Å². The summed E-state index contributed by atoms with van der Waals surface area (Å²) in [5, 5.41) is 5.82. The van der Waals surface area contributed by atoms with E-state index in [0.29, 0.717) is 31.5 Å². The van der Waals surface area contributed by atoms with Crippen LogP contribution < -0.4 is 10.6 Å². The van der Waals surface area contributed by atoms with Gasteiger partial charge in [-0.25, -0.2) is 4.79 Å². The fourth-order valence-corrected chi connectivity index (χ4v) is 3.92. The molecule has 0 saturated carbocycles. The highest BCUT2D eigenvalue weighted by Gasteiger charge is 2.37. The van der Waals surface area contributed by atoms with Crippen molar-refractivity contribution >= 4 is 24.0 Å². The number of benzene rings is 1. The monoisotopic (exact) mass is 501 g/mol. The Hall–Kier alpha value is -2.83. The molecule has 0 bridgehead atoms. The molecule has 1 aromatic carbocycles. The first-order chi connectivity index (χ1) is 17.0. The lowest BCUT2D eigenvalue weighted by molar-refractivity contribution is -0.143. The highest BCUT2D eigenvalue weighted by molar-refractivity contribution is 5.92. The summed E-state index contributed by atoms with van der Waals surface area (Å²) < 4.78 is 5.44. The third-order valence-electron chi connectivity index (χ3n) is 6.00. The molecule has 36 heavy (non-hydrogen) atoms. The van der Waals surface area contributed by atoms with Crippen molar-refractivity contribution in [1.29, 1.82) is 0 Å². The highest BCUT2D eigenvalue weighted by atomic mass is 16.6. The van der Waals surface area contributed by atoms with Crippen molar-refractivity contribution in [2.75, 3.05) is 13.1 Å². The average Bonchev–Trinajstić information content (AvgIpc) is 2.83. The molecule has 0 saturated heterocycles. The van der Waals surface area contributed by atoms with E-state index in [9.17, 15) is 14.4 Å². The molecule has 0 radical (unpaired) electrons. The van der Waals surface area contributed by atoms with E-state index in [1.807, 2.05) is 45.0 Å². The maximum Gasteiger partial charge on any atom is 0.408 e. The maximum atomic E-state index is 14.0. The van der Waals surface area contributed by atoms with Crippen molar-refractivity contribution in [2.45, 2.75) is 98.3 Å². The topological polar surface area (TPSA) is 87.7 Å². The third-order valence-corrected chi connectivity index (χ3v) is 6.00. The predicted octanol–water partition coefficient (Wildman–Crippen LogP) is 5.86. The second kappa shape index (κ2) is 15.3. The lowest BCUT2D eigenvalue weighted by atomic mass is 9.95. The zero-order chi connectivity index (χ0) is 27.3. The molecule has 0 aromatic heterocycles. The van der Waals surface area contributed by atoms with Crippen LogP contribution in [0.4, 0.5) is 4.79 Å². The normalized spacial score (nSPS) is 13.8. The van der Waals surface area contributed by atoms with Crippen molar-refractivity contribution in [3.8, 4) is 0 Å². The fraction of sp³-hybridized carbons (Fsp3) is 0.621. The number of rotatable bonds is 14. The summed E-state index contributed by atoms with van der Waals surface area (Å²) in [6.07, 6.45) is 5.35. The van der Waals surface area contributed by atoms with Gasteiger partial charge >= 0.3 is 6.09 Å². The smallest absolute Gasteiger partial charge is 0.408 e. The minimum absolute atomic E-state index is 0.155. The van der Waals surface area contributed by atoms with Crippen molar-refractivity contribution in [2.24, 2.45) is 5.92 Å². The molecule has 0 fully saturated rings. The molecule has 202 valence electrons. The number of carbonyl (C=O) groups excluding carboxylic acids is 3. The lowest BCUT2D eigenvalue weighted by Crippen LogP contribution is -2.55. The summed E-state index contributed by atoms with van der Waals surface area (Å²) in [7, 11) is 0. The Morgan fingerprint density at radius 1 is 1.11 bits per heavy atom. The van der Waals surface area contributed by atoms with Crippen LogP contribution in [0.25, 0.3) is 6.08 Å². The zero-order valence-electron chi connectivity index (χ0n) is 23.4. The van der Waals surface area contributed by atoms with E-state index in [2.05, 4.69) is 24.1 Å². The van der Waals surface area contributed by atoms with Crippen LogP contribution in [0.5, 0.6) is 0 Å². The van der Waals surface area contributed by atoms with E-state index in [1.54, 1.807) is 31.7 Å². The Morgan fingerprint density at radius 3 is 2.36 bits per heavy atom. The second-order valence-electron chi connectivity index (χ2n) is 10.3. The van der Waals surface area contributed by atoms with Gasteiger partial charge in [0.2, 0.25) is 11.8 Å². The maximum absolute atomic E-state index is 14.0. The SMILES string of the molecule is C=Cc1cccc(C(C(=O)NCCCCC)N(CCC)C(=O)C(NC(=O)OC(C)(C)C)C(C)CC)c1. The van der Waals surface area contributed by atoms with Crippen molar-refractivity contribution in [3.05, 3.63) is 42.0 Å². The molecular weight excluding hydrogens is 454 g/mol. The van der Waals surface area contributed by atoms with Crippen molar-refractivity contribution in [3.63, 3.8) is 0 Å². The average molecular weight is 502 g/mol. The van der Waals surface area contributed by atoms with Gasteiger partial charge in [-0.05, 0) is 56.7 Å². The summed E-state index contributed by atoms with van der Waals surface area (Å²) in [5.74, 6) is -0.679. The Morgan fingerprint density at radius 2 is 1.81 bits per heavy atom. The van der Waals surface area contributed by atoms with Crippen LogP contribution in [0.1, 0.15) is 97.7 Å². The molecule has 0 aliphatic heterocycles. The first kappa shape index (κ1) is 31.2. The molecule has 2 N–H and O–H groups in total. The number of ether oxygens (including phenoxy) is 1. The molecule has 7 nitrogen and oxygen atoms in total. The summed E-state index contributed by atoms with van der Waals surface area (Å²) in [6, 6.07) is 5.87. The molecule has 1 aromatic rings. The minimum Gasteiger partial charge on any atom is -0.444 e. The summed E-state index contributed by atoms with van der Waals surface area (Å²) in [4.78, 5) is 41.8. The Kier molecular flexibility index (Phi) is 13.3. The van der Waals surface area contributed by atoms with Gasteiger partial charge < -0.3 is 20.3 Å². The third kappa shape index (κ3) is 10.0. The van der Waals surface area contributed by atoms with E-state index in [4.69, 9.17) is 4.74 Å². The summed E-state index contributed by atoms with van der Waals surface area (Å²) in [6.45, 7) is 18.1. The minimum atomic E-state index is -0.828. The lowest BCUT2D eigenvalue weighted by Gasteiger charge is -2.36. The van der Waals surface area contributed by atoms with Crippen LogP contribution in [0, 0.1) is 5.92 Å². The molecule has 7 heteroatoms. The largest absolute Gasteiger partial charge is 0.444 e. The zero-order valence-corrected chi connectivity index (χ0v) is 23.4. The molecule has 0 heterocycles. The number of alkyl carbamates (subject to hydrolysis) is 1. The van der Waals surface area contributed by atoms with Crippen LogP contribution in [0.15, 0.2) is 30.8 Å². The van der Waals surface area contributed by atoms with Gasteiger partial charge in [-0.15, -0.1) is 0 Å². The highest BCUT2D eigenvalue weighted by Crippen LogP contribution is 2.26. The number of hydrogen-bond donors (Lipinski definition) is 2. The molecule has 0 aliphatic carbocycles. The number of amides is 3. The van der Waals surface area contributed by atoms with Crippen molar-refractivity contribution in [1.82, 2.24) is 15.5 Å². The van der Waals surface area contributed by atoms with Gasteiger partial charge in [-0.1, -0.05) is 77.8 Å².